The van der Waals surface area contributed by atoms with Crippen LogP contribution in [-0.4, -0.2) is 46.9 Å². The zero-order valence-electron chi connectivity index (χ0n) is 10.6. The van der Waals surface area contributed by atoms with Crippen molar-refractivity contribution in [3.63, 3.8) is 0 Å². The van der Waals surface area contributed by atoms with Gasteiger partial charge in [-0.1, -0.05) is 0 Å². The van der Waals surface area contributed by atoms with E-state index >= 15 is 0 Å². The number of hydrogen-bond acceptors (Lipinski definition) is 6. The van der Waals surface area contributed by atoms with E-state index in [0.29, 0.717) is 18.2 Å². The van der Waals surface area contributed by atoms with Gasteiger partial charge < -0.3 is 15.5 Å². The normalized spacial score (nSPS) is 10.9. The molecule has 0 aliphatic carbocycles. The largest absolute Gasteiger partial charge is 0.395 e. The topological polar surface area (TPSA) is 85.7 Å². The maximum absolute atomic E-state index is 11.4. The molecule has 1 aromatic heterocycles. The quantitative estimate of drug-likeness (QED) is 0.649. The molecule has 7 heteroatoms. The number of aliphatic hydroxyl groups is 2. The Labute approximate surface area is 110 Å². The second kappa shape index (κ2) is 7.42. The lowest BCUT2D eigenvalue weighted by Crippen LogP contribution is -2.35. The second-order valence-electron chi connectivity index (χ2n) is 3.83. The fourth-order valence-corrected chi connectivity index (χ4v) is 2.36. The van der Waals surface area contributed by atoms with Gasteiger partial charge in [-0.05, 0) is 6.92 Å². The van der Waals surface area contributed by atoms with E-state index in [9.17, 15) is 4.79 Å². The molecule has 1 rings (SSSR count). The Bertz CT molecular complexity index is 379. The summed E-state index contributed by atoms with van der Waals surface area (Å²) in [6.45, 7) is 4.21. The van der Waals surface area contributed by atoms with Crippen molar-refractivity contribution in [2.45, 2.75) is 26.4 Å². The summed E-state index contributed by atoms with van der Waals surface area (Å²) in [4.78, 5) is 17.3. The lowest BCUT2D eigenvalue weighted by molar-refractivity contribution is -0.116. The van der Waals surface area contributed by atoms with E-state index in [0.717, 1.165) is 5.69 Å². The summed E-state index contributed by atoms with van der Waals surface area (Å²) in [5, 5.41) is 23.3. The summed E-state index contributed by atoms with van der Waals surface area (Å²) in [5.74, 6) is -0.0325. The summed E-state index contributed by atoms with van der Waals surface area (Å²) >= 11 is 1.41. The average molecular weight is 273 g/mol. The third-order valence-corrected chi connectivity index (χ3v) is 3.39. The molecular formula is C11H19N3O3S. The zero-order valence-corrected chi connectivity index (χ0v) is 11.4. The van der Waals surface area contributed by atoms with Crippen molar-refractivity contribution in [2.24, 2.45) is 0 Å². The Morgan fingerprint density at radius 2 is 2.22 bits per heavy atom. The van der Waals surface area contributed by atoms with Gasteiger partial charge in [-0.3, -0.25) is 9.69 Å². The molecule has 0 aromatic carbocycles. The predicted molar refractivity (Wildman–Crippen MR) is 70.6 cm³/mol. The summed E-state index contributed by atoms with van der Waals surface area (Å²) < 4.78 is 0. The van der Waals surface area contributed by atoms with Gasteiger partial charge in [0.1, 0.15) is 0 Å². The number of nitrogens with one attached hydrogen (secondary N) is 1. The van der Waals surface area contributed by atoms with Crippen molar-refractivity contribution in [2.75, 3.05) is 24.7 Å². The number of carbonyl (C=O) groups is 1. The Morgan fingerprint density at radius 3 is 2.72 bits per heavy atom. The van der Waals surface area contributed by atoms with Crippen molar-refractivity contribution in [1.82, 2.24) is 10.3 Å². The van der Waals surface area contributed by atoms with Crippen LogP contribution in [-0.2, 0) is 11.3 Å². The van der Waals surface area contributed by atoms with Crippen molar-refractivity contribution >= 4 is 22.4 Å². The first-order chi connectivity index (χ1) is 8.62. The van der Waals surface area contributed by atoms with Gasteiger partial charge in [-0.15, -0.1) is 11.3 Å². The molecule has 0 saturated carbocycles. The highest BCUT2D eigenvalue weighted by Gasteiger charge is 2.13. The van der Waals surface area contributed by atoms with E-state index in [4.69, 9.17) is 10.2 Å². The molecule has 0 aliphatic rings. The molecule has 0 spiro atoms. The summed E-state index contributed by atoms with van der Waals surface area (Å²) in [5.41, 5.74) is 0.793. The number of amides is 1. The Balaban J connectivity index is 2.60. The molecule has 0 atom stereocenters. The molecule has 0 saturated heterocycles. The molecule has 1 aromatic rings. The minimum Gasteiger partial charge on any atom is -0.395 e. The van der Waals surface area contributed by atoms with E-state index in [1.54, 1.807) is 4.90 Å². The summed E-state index contributed by atoms with van der Waals surface area (Å²) in [6, 6.07) is -0.342. The number of carbonyl (C=O) groups excluding carboxylic acids is 1. The molecule has 0 aliphatic heterocycles. The van der Waals surface area contributed by atoms with Crippen LogP contribution in [0.3, 0.4) is 0 Å². The highest BCUT2D eigenvalue weighted by atomic mass is 32.1. The van der Waals surface area contributed by atoms with Crippen LogP contribution in [0.4, 0.5) is 5.13 Å². The first kappa shape index (κ1) is 15.0. The highest BCUT2D eigenvalue weighted by Crippen LogP contribution is 2.20. The third-order valence-electron chi connectivity index (χ3n) is 2.48. The van der Waals surface area contributed by atoms with E-state index in [1.165, 1.54) is 18.3 Å². The van der Waals surface area contributed by atoms with Crippen LogP contribution in [0.1, 0.15) is 19.5 Å². The number of hydrogen-bond donors (Lipinski definition) is 3. The Morgan fingerprint density at radius 1 is 1.56 bits per heavy atom. The van der Waals surface area contributed by atoms with E-state index in [2.05, 4.69) is 10.3 Å². The van der Waals surface area contributed by atoms with Crippen LogP contribution in [0, 0.1) is 0 Å². The summed E-state index contributed by atoms with van der Waals surface area (Å²) in [6.07, 6.45) is 0. The van der Waals surface area contributed by atoms with Crippen molar-refractivity contribution in [1.29, 1.82) is 0 Å². The first-order valence-corrected chi connectivity index (χ1v) is 6.67. The van der Waals surface area contributed by atoms with Gasteiger partial charge in [-0.25, -0.2) is 4.98 Å². The molecule has 6 nitrogen and oxygen atoms in total. The number of rotatable bonds is 7. The number of thiazole rings is 1. The van der Waals surface area contributed by atoms with Crippen LogP contribution >= 0.6 is 11.3 Å². The number of aromatic nitrogens is 1. The van der Waals surface area contributed by atoms with Crippen LogP contribution in [0.2, 0.25) is 0 Å². The van der Waals surface area contributed by atoms with Gasteiger partial charge in [-0.2, -0.15) is 0 Å². The monoisotopic (exact) mass is 273 g/mol. The van der Waals surface area contributed by atoms with E-state index < -0.39 is 0 Å². The standard InChI is InChI=1S/C11H19N3O3S/c1-3-14(8(2)17)11-13-9(7-18-11)4-12-10(5-15)6-16/h7,10,12,15-16H,3-6H2,1-2H3. The van der Waals surface area contributed by atoms with Crippen molar-refractivity contribution < 1.29 is 15.0 Å². The third kappa shape index (κ3) is 4.02. The minimum atomic E-state index is -0.342. The van der Waals surface area contributed by atoms with Gasteiger partial charge in [0.15, 0.2) is 5.13 Å². The molecule has 0 bridgehead atoms. The van der Waals surface area contributed by atoms with Gasteiger partial charge in [0.05, 0.1) is 24.9 Å². The molecule has 1 amide bonds. The second-order valence-corrected chi connectivity index (χ2v) is 4.66. The van der Waals surface area contributed by atoms with Crippen molar-refractivity contribution in [3.8, 4) is 0 Å². The van der Waals surface area contributed by atoms with Crippen LogP contribution < -0.4 is 10.2 Å². The molecule has 3 N–H and O–H groups in total. The van der Waals surface area contributed by atoms with Crippen LogP contribution in [0.15, 0.2) is 5.38 Å². The van der Waals surface area contributed by atoms with E-state index in [-0.39, 0.29) is 25.2 Å². The predicted octanol–water partition coefficient (Wildman–Crippen LogP) is -0.0413. The average Bonchev–Trinajstić information content (AvgIpc) is 2.79. The summed E-state index contributed by atoms with van der Waals surface area (Å²) in [7, 11) is 0. The molecule has 0 unspecified atom stereocenters. The Hall–Kier alpha value is -1.02. The highest BCUT2D eigenvalue weighted by molar-refractivity contribution is 7.14. The van der Waals surface area contributed by atoms with Crippen LogP contribution in [0.25, 0.3) is 0 Å². The lowest BCUT2D eigenvalue weighted by Gasteiger charge is -2.14. The van der Waals surface area contributed by atoms with Gasteiger partial charge in [0.25, 0.3) is 0 Å². The smallest absolute Gasteiger partial charge is 0.225 e. The van der Waals surface area contributed by atoms with E-state index in [1.807, 2.05) is 12.3 Å². The number of nitrogens with zero attached hydrogens (tertiary/aromatic N) is 2. The Kier molecular flexibility index (Phi) is 6.20. The molecule has 102 valence electrons. The zero-order chi connectivity index (χ0) is 13.5. The number of anilines is 1. The fraction of sp³-hybridized carbons (Fsp3) is 0.636. The van der Waals surface area contributed by atoms with Gasteiger partial charge in [0, 0.05) is 25.4 Å². The minimum absolute atomic E-state index is 0.0325. The van der Waals surface area contributed by atoms with Crippen molar-refractivity contribution in [3.05, 3.63) is 11.1 Å². The molecule has 0 fully saturated rings. The maximum atomic E-state index is 11.4. The van der Waals surface area contributed by atoms with Gasteiger partial charge in [0.2, 0.25) is 5.91 Å². The maximum Gasteiger partial charge on any atom is 0.225 e. The lowest BCUT2D eigenvalue weighted by atomic mass is 10.3. The molecule has 1 heterocycles. The number of aliphatic hydroxyl groups excluding tert-OH is 2. The SMILES string of the molecule is CCN(C(C)=O)c1nc(CNC(CO)CO)cs1. The molecule has 18 heavy (non-hydrogen) atoms. The first-order valence-electron chi connectivity index (χ1n) is 5.80. The molecule has 0 radical (unpaired) electrons. The molecular weight excluding hydrogens is 254 g/mol. The fourth-order valence-electron chi connectivity index (χ4n) is 1.43. The van der Waals surface area contributed by atoms with Gasteiger partial charge >= 0.3 is 0 Å². The van der Waals surface area contributed by atoms with Crippen LogP contribution in [0.5, 0.6) is 0 Å².